The summed E-state index contributed by atoms with van der Waals surface area (Å²) in [7, 11) is 0. The van der Waals surface area contributed by atoms with E-state index in [1.54, 1.807) is 0 Å². The van der Waals surface area contributed by atoms with Crippen LogP contribution in [-0.4, -0.2) is 30.1 Å². The molecule has 2 nitrogen and oxygen atoms in total. The van der Waals surface area contributed by atoms with Crippen LogP contribution in [0.2, 0.25) is 0 Å². The van der Waals surface area contributed by atoms with Crippen molar-refractivity contribution in [2.24, 2.45) is 0 Å². The number of benzene rings is 1. The minimum Gasteiger partial charge on any atom is -0.309 e. The van der Waals surface area contributed by atoms with E-state index in [-0.39, 0.29) is 5.54 Å². The molecule has 0 aliphatic heterocycles. The summed E-state index contributed by atoms with van der Waals surface area (Å²) in [5, 5.41) is 3.70. The van der Waals surface area contributed by atoms with E-state index >= 15 is 0 Å². The van der Waals surface area contributed by atoms with Gasteiger partial charge in [0.15, 0.2) is 0 Å². The van der Waals surface area contributed by atoms with Crippen LogP contribution in [0.4, 0.5) is 0 Å². The molecule has 0 amide bonds. The normalized spacial score (nSPS) is 13.8. The van der Waals surface area contributed by atoms with Crippen molar-refractivity contribution in [3.05, 3.63) is 34.9 Å². The molecule has 114 valence electrons. The van der Waals surface area contributed by atoms with Gasteiger partial charge < -0.3 is 5.32 Å². The van der Waals surface area contributed by atoms with Gasteiger partial charge in [-0.1, -0.05) is 50.1 Å². The minimum atomic E-state index is 0.0970. The highest BCUT2D eigenvalue weighted by molar-refractivity contribution is 5.32. The molecule has 0 fully saturated rings. The fraction of sp³-hybridized carbons (Fsp3) is 0.667. The number of rotatable bonds is 7. The monoisotopic (exact) mass is 276 g/mol. The molecule has 0 aromatic heterocycles. The highest BCUT2D eigenvalue weighted by atomic mass is 15.2. The van der Waals surface area contributed by atoms with Crippen LogP contribution in [0.3, 0.4) is 0 Å². The predicted octanol–water partition coefficient (Wildman–Crippen LogP) is 4.07. The first-order chi connectivity index (χ1) is 9.36. The van der Waals surface area contributed by atoms with Gasteiger partial charge in [0.05, 0.1) is 6.04 Å². The molecule has 0 heterocycles. The first-order valence-corrected chi connectivity index (χ1v) is 7.93. The molecule has 0 saturated carbocycles. The standard InChI is InChI=1S/C18H32N2/c1-8-19-17(18(6,7)20(9-2)10-3)16-12-14(4)11-15(5)13-16/h11-13,17,19H,8-10H2,1-7H3. The third-order valence-corrected chi connectivity index (χ3v) is 4.27. The molecule has 0 bridgehead atoms. The maximum Gasteiger partial charge on any atom is 0.0501 e. The smallest absolute Gasteiger partial charge is 0.0501 e. The van der Waals surface area contributed by atoms with E-state index in [1.807, 2.05) is 0 Å². The topological polar surface area (TPSA) is 15.3 Å². The average Bonchev–Trinajstić information content (AvgIpc) is 2.35. The zero-order valence-electron chi connectivity index (χ0n) is 14.4. The van der Waals surface area contributed by atoms with Crippen LogP contribution in [0.15, 0.2) is 18.2 Å². The zero-order chi connectivity index (χ0) is 15.3. The van der Waals surface area contributed by atoms with E-state index in [9.17, 15) is 0 Å². The highest BCUT2D eigenvalue weighted by Gasteiger charge is 2.34. The van der Waals surface area contributed by atoms with Gasteiger partial charge in [0.1, 0.15) is 0 Å². The summed E-state index contributed by atoms with van der Waals surface area (Å²) in [5.41, 5.74) is 4.19. The molecular formula is C18H32N2. The summed E-state index contributed by atoms with van der Waals surface area (Å²) in [4.78, 5) is 2.54. The van der Waals surface area contributed by atoms with Crippen molar-refractivity contribution in [1.29, 1.82) is 0 Å². The predicted molar refractivity (Wildman–Crippen MR) is 89.3 cm³/mol. The van der Waals surface area contributed by atoms with E-state index in [1.165, 1.54) is 16.7 Å². The van der Waals surface area contributed by atoms with Crippen molar-refractivity contribution >= 4 is 0 Å². The Morgan fingerprint density at radius 1 is 1.00 bits per heavy atom. The van der Waals surface area contributed by atoms with Gasteiger partial charge in [-0.05, 0) is 52.9 Å². The number of nitrogens with one attached hydrogen (secondary N) is 1. The molecule has 0 aliphatic carbocycles. The van der Waals surface area contributed by atoms with Crippen LogP contribution in [-0.2, 0) is 0 Å². The van der Waals surface area contributed by atoms with Gasteiger partial charge in [-0.2, -0.15) is 0 Å². The first-order valence-electron chi connectivity index (χ1n) is 7.93. The van der Waals surface area contributed by atoms with Gasteiger partial charge in [0.2, 0.25) is 0 Å². The second kappa shape index (κ2) is 7.24. The van der Waals surface area contributed by atoms with Crippen molar-refractivity contribution in [3.63, 3.8) is 0 Å². The molecule has 1 N–H and O–H groups in total. The lowest BCUT2D eigenvalue weighted by molar-refractivity contribution is 0.0918. The third-order valence-electron chi connectivity index (χ3n) is 4.27. The maximum absolute atomic E-state index is 3.70. The first kappa shape index (κ1) is 17.2. The van der Waals surface area contributed by atoms with Crippen LogP contribution < -0.4 is 5.32 Å². The summed E-state index contributed by atoms with van der Waals surface area (Å²) >= 11 is 0. The lowest BCUT2D eigenvalue weighted by Crippen LogP contribution is -2.52. The van der Waals surface area contributed by atoms with Gasteiger partial charge in [0, 0.05) is 5.54 Å². The Hall–Kier alpha value is -0.860. The number of nitrogens with zero attached hydrogens (tertiary/aromatic N) is 1. The molecule has 0 radical (unpaired) electrons. The molecule has 2 heteroatoms. The molecule has 0 aliphatic rings. The lowest BCUT2D eigenvalue weighted by Gasteiger charge is -2.44. The van der Waals surface area contributed by atoms with E-state index in [0.29, 0.717) is 6.04 Å². The van der Waals surface area contributed by atoms with E-state index in [0.717, 1.165) is 19.6 Å². The Bertz CT molecular complexity index is 399. The summed E-state index contributed by atoms with van der Waals surface area (Å²) in [6.45, 7) is 18.9. The molecule has 1 unspecified atom stereocenters. The summed E-state index contributed by atoms with van der Waals surface area (Å²) in [6.07, 6.45) is 0. The second-order valence-corrected chi connectivity index (χ2v) is 6.24. The fourth-order valence-corrected chi connectivity index (χ4v) is 3.38. The van der Waals surface area contributed by atoms with Crippen LogP contribution in [0, 0.1) is 13.8 Å². The molecule has 1 aromatic rings. The Labute approximate surface area is 125 Å². The van der Waals surface area contributed by atoms with Gasteiger partial charge in [-0.25, -0.2) is 0 Å². The van der Waals surface area contributed by atoms with Crippen LogP contribution in [0.5, 0.6) is 0 Å². The number of hydrogen-bond donors (Lipinski definition) is 1. The van der Waals surface area contributed by atoms with Crippen molar-refractivity contribution in [3.8, 4) is 0 Å². The molecule has 1 rings (SSSR count). The average molecular weight is 276 g/mol. The van der Waals surface area contributed by atoms with E-state index < -0.39 is 0 Å². The van der Waals surface area contributed by atoms with Crippen LogP contribution >= 0.6 is 0 Å². The van der Waals surface area contributed by atoms with E-state index in [2.05, 4.69) is 76.9 Å². The van der Waals surface area contributed by atoms with Crippen molar-refractivity contribution in [2.45, 2.75) is 60.0 Å². The largest absolute Gasteiger partial charge is 0.309 e. The van der Waals surface area contributed by atoms with Gasteiger partial charge in [0.25, 0.3) is 0 Å². The Morgan fingerprint density at radius 2 is 1.50 bits per heavy atom. The fourth-order valence-electron chi connectivity index (χ4n) is 3.38. The molecule has 0 spiro atoms. The van der Waals surface area contributed by atoms with E-state index in [4.69, 9.17) is 0 Å². The number of aryl methyl sites for hydroxylation is 2. The molecule has 0 saturated heterocycles. The summed E-state index contributed by atoms with van der Waals surface area (Å²) in [5.74, 6) is 0. The molecule has 1 atom stereocenters. The zero-order valence-corrected chi connectivity index (χ0v) is 14.4. The van der Waals surface area contributed by atoms with Crippen molar-refractivity contribution in [1.82, 2.24) is 10.2 Å². The Morgan fingerprint density at radius 3 is 1.90 bits per heavy atom. The highest BCUT2D eigenvalue weighted by Crippen LogP contribution is 2.32. The Balaban J connectivity index is 3.21. The minimum absolute atomic E-state index is 0.0970. The SMILES string of the molecule is CCNC(c1cc(C)cc(C)c1)C(C)(C)N(CC)CC. The summed E-state index contributed by atoms with van der Waals surface area (Å²) < 4.78 is 0. The van der Waals surface area contributed by atoms with Gasteiger partial charge >= 0.3 is 0 Å². The summed E-state index contributed by atoms with van der Waals surface area (Å²) in [6, 6.07) is 7.25. The second-order valence-electron chi connectivity index (χ2n) is 6.24. The number of likely N-dealkylation sites (N-methyl/N-ethyl adjacent to an activating group) is 2. The number of hydrogen-bond acceptors (Lipinski definition) is 2. The van der Waals surface area contributed by atoms with Crippen LogP contribution in [0.1, 0.15) is 57.4 Å². The molecule has 20 heavy (non-hydrogen) atoms. The molecular weight excluding hydrogens is 244 g/mol. The van der Waals surface area contributed by atoms with Gasteiger partial charge in [-0.15, -0.1) is 0 Å². The quantitative estimate of drug-likeness (QED) is 0.807. The maximum atomic E-state index is 3.70. The molecule has 1 aromatic carbocycles. The van der Waals surface area contributed by atoms with Crippen LogP contribution in [0.25, 0.3) is 0 Å². The van der Waals surface area contributed by atoms with Gasteiger partial charge in [-0.3, -0.25) is 4.90 Å². The third kappa shape index (κ3) is 3.83. The van der Waals surface area contributed by atoms with Crippen molar-refractivity contribution in [2.75, 3.05) is 19.6 Å². The lowest BCUT2D eigenvalue weighted by atomic mass is 9.85. The van der Waals surface area contributed by atoms with Crippen molar-refractivity contribution < 1.29 is 0 Å². The Kier molecular flexibility index (Phi) is 6.22.